The van der Waals surface area contributed by atoms with Gasteiger partial charge in [-0.25, -0.2) is 4.98 Å². The molecule has 0 aliphatic carbocycles. The van der Waals surface area contributed by atoms with Crippen molar-refractivity contribution in [1.29, 1.82) is 0 Å². The number of aromatic nitrogens is 1. The maximum Gasteiger partial charge on any atom is 0.227 e. The normalized spacial score (nSPS) is 11.8. The largest absolute Gasteiger partial charge is 0.456 e. The predicted molar refractivity (Wildman–Crippen MR) is 237 cm³/mol. The van der Waals surface area contributed by atoms with Crippen molar-refractivity contribution in [3.8, 4) is 33.7 Å². The molecule has 12 aromatic rings. The van der Waals surface area contributed by atoms with E-state index in [1.807, 2.05) is 54.6 Å². The Balaban J connectivity index is 0.965. The van der Waals surface area contributed by atoms with E-state index in [1.165, 1.54) is 0 Å². The van der Waals surface area contributed by atoms with Crippen molar-refractivity contribution in [2.45, 2.75) is 0 Å². The van der Waals surface area contributed by atoms with Crippen molar-refractivity contribution < 1.29 is 13.3 Å². The number of oxazole rings is 1. The average Bonchev–Trinajstić information content (AvgIpc) is 4.00. The molecule has 0 saturated carbocycles. The van der Waals surface area contributed by atoms with Gasteiger partial charge in [-0.15, -0.1) is 0 Å². The lowest BCUT2D eigenvalue weighted by atomic mass is 9.95. The smallest absolute Gasteiger partial charge is 0.227 e. The zero-order valence-corrected chi connectivity index (χ0v) is 31.1. The molecule has 58 heavy (non-hydrogen) atoms. The maximum absolute atomic E-state index is 6.79. The third kappa shape index (κ3) is 5.21. The summed E-state index contributed by atoms with van der Waals surface area (Å²) in [5, 5.41) is 6.72. The van der Waals surface area contributed by atoms with Crippen LogP contribution in [-0.4, -0.2) is 4.98 Å². The van der Waals surface area contributed by atoms with Crippen LogP contribution in [-0.2, 0) is 0 Å². The molecule has 0 N–H and O–H groups in total. The summed E-state index contributed by atoms with van der Waals surface area (Å²) in [6, 6.07) is 67.4. The number of hydrogen-bond acceptors (Lipinski definition) is 5. The van der Waals surface area contributed by atoms with Gasteiger partial charge in [0.25, 0.3) is 0 Å². The molecule has 0 aliphatic rings. The highest BCUT2D eigenvalue weighted by atomic mass is 16.3. The molecule has 0 atom stereocenters. The van der Waals surface area contributed by atoms with E-state index in [0.29, 0.717) is 5.89 Å². The number of para-hydroxylation sites is 2. The molecule has 0 bridgehead atoms. The number of furan rings is 2. The highest BCUT2D eigenvalue weighted by Gasteiger charge is 2.20. The summed E-state index contributed by atoms with van der Waals surface area (Å²) in [5.74, 6) is 0.619. The second-order valence-electron chi connectivity index (χ2n) is 14.7. The van der Waals surface area contributed by atoms with Crippen LogP contribution in [0.2, 0.25) is 0 Å². The van der Waals surface area contributed by atoms with E-state index in [9.17, 15) is 0 Å². The highest BCUT2D eigenvalue weighted by molar-refractivity contribution is 6.23. The van der Waals surface area contributed by atoms with Gasteiger partial charge in [0.15, 0.2) is 5.58 Å². The number of benzene rings is 9. The Hall–Kier alpha value is -7.89. The molecule has 0 unspecified atom stereocenters. The summed E-state index contributed by atoms with van der Waals surface area (Å²) in [4.78, 5) is 7.11. The Morgan fingerprint density at radius 2 is 1.00 bits per heavy atom. The van der Waals surface area contributed by atoms with Crippen LogP contribution >= 0.6 is 0 Å². The van der Waals surface area contributed by atoms with Gasteiger partial charge in [0, 0.05) is 55.8 Å². The zero-order chi connectivity index (χ0) is 38.2. The Kier molecular flexibility index (Phi) is 7.16. The van der Waals surface area contributed by atoms with Crippen molar-refractivity contribution in [1.82, 2.24) is 4.98 Å². The van der Waals surface area contributed by atoms with Gasteiger partial charge in [0.05, 0.1) is 0 Å². The third-order valence-corrected chi connectivity index (χ3v) is 11.3. The van der Waals surface area contributed by atoms with E-state index in [0.717, 1.165) is 111 Å². The summed E-state index contributed by atoms with van der Waals surface area (Å²) in [6.07, 6.45) is 0. The van der Waals surface area contributed by atoms with Crippen LogP contribution in [0.1, 0.15) is 0 Å². The minimum Gasteiger partial charge on any atom is -0.456 e. The second-order valence-corrected chi connectivity index (χ2v) is 14.7. The van der Waals surface area contributed by atoms with Crippen LogP contribution in [0.5, 0.6) is 0 Å². The number of rotatable bonds is 6. The predicted octanol–water partition coefficient (Wildman–Crippen LogP) is 15.3. The fourth-order valence-electron chi connectivity index (χ4n) is 8.50. The molecule has 9 aromatic carbocycles. The lowest BCUT2D eigenvalue weighted by molar-refractivity contribution is 0.620. The standard InChI is InChI=1S/C53H32N2O3/c1-3-11-34(12-4-1)53-54-46-31-36(22-28-49(46)58-53)35-21-27-48-45(29-35)51-41-16-8-7-13-37(41)30-44(52(51)57-48)33-19-23-39(24-20-33)55(38-14-5-2-6-15-38)40-25-26-43-42-17-9-10-18-47(42)56-50(43)32-40/h1-32H. The Morgan fingerprint density at radius 3 is 1.84 bits per heavy atom. The number of fused-ring (bicyclic) bond motifs is 9. The number of nitrogens with zero attached hydrogens (tertiary/aromatic N) is 2. The van der Waals surface area contributed by atoms with Crippen molar-refractivity contribution in [2.24, 2.45) is 0 Å². The van der Waals surface area contributed by atoms with Crippen LogP contribution in [0.3, 0.4) is 0 Å². The molecular formula is C53H32N2O3. The molecule has 0 saturated heterocycles. The summed E-state index contributed by atoms with van der Waals surface area (Å²) < 4.78 is 19.2. The molecule has 12 rings (SSSR count). The molecule has 5 nitrogen and oxygen atoms in total. The second kappa shape index (κ2) is 12.8. The van der Waals surface area contributed by atoms with Crippen LogP contribution < -0.4 is 4.90 Å². The molecular weight excluding hydrogens is 713 g/mol. The minimum absolute atomic E-state index is 0.619. The van der Waals surface area contributed by atoms with Gasteiger partial charge in [-0.3, -0.25) is 0 Å². The van der Waals surface area contributed by atoms with E-state index >= 15 is 0 Å². The van der Waals surface area contributed by atoms with Crippen molar-refractivity contribution in [2.75, 3.05) is 4.90 Å². The van der Waals surface area contributed by atoms with Gasteiger partial charge in [-0.2, -0.15) is 0 Å². The topological polar surface area (TPSA) is 55.6 Å². The fourth-order valence-corrected chi connectivity index (χ4v) is 8.50. The fraction of sp³-hybridized carbons (Fsp3) is 0. The summed E-state index contributed by atoms with van der Waals surface area (Å²) in [7, 11) is 0. The highest BCUT2D eigenvalue weighted by Crippen LogP contribution is 2.44. The average molecular weight is 745 g/mol. The maximum atomic E-state index is 6.79. The molecule has 3 aromatic heterocycles. The molecule has 0 radical (unpaired) electrons. The van der Waals surface area contributed by atoms with Gasteiger partial charge in [0.1, 0.15) is 27.8 Å². The van der Waals surface area contributed by atoms with Crippen LogP contribution in [0.15, 0.2) is 207 Å². The first-order valence-corrected chi connectivity index (χ1v) is 19.4. The number of anilines is 3. The lowest BCUT2D eigenvalue weighted by Crippen LogP contribution is -2.09. The minimum atomic E-state index is 0.619. The summed E-state index contributed by atoms with van der Waals surface area (Å²) in [6.45, 7) is 0. The lowest BCUT2D eigenvalue weighted by Gasteiger charge is -2.25. The molecule has 272 valence electrons. The molecule has 0 fully saturated rings. The number of hydrogen-bond donors (Lipinski definition) is 0. The van der Waals surface area contributed by atoms with Gasteiger partial charge in [-0.1, -0.05) is 103 Å². The third-order valence-electron chi connectivity index (χ3n) is 11.3. The van der Waals surface area contributed by atoms with Gasteiger partial charge in [0.2, 0.25) is 5.89 Å². The van der Waals surface area contributed by atoms with E-state index < -0.39 is 0 Å². The van der Waals surface area contributed by atoms with Gasteiger partial charge in [-0.05, 0) is 112 Å². The van der Waals surface area contributed by atoms with Gasteiger partial charge >= 0.3 is 0 Å². The van der Waals surface area contributed by atoms with Gasteiger partial charge < -0.3 is 18.2 Å². The Morgan fingerprint density at radius 1 is 0.362 bits per heavy atom. The van der Waals surface area contributed by atoms with Crippen LogP contribution in [0, 0.1) is 0 Å². The molecule has 0 amide bonds. The molecule has 3 heterocycles. The van der Waals surface area contributed by atoms with Crippen LogP contribution in [0.4, 0.5) is 17.1 Å². The van der Waals surface area contributed by atoms with E-state index in [2.05, 4.69) is 144 Å². The quantitative estimate of drug-likeness (QED) is 0.170. The van der Waals surface area contributed by atoms with E-state index in [1.54, 1.807) is 0 Å². The van der Waals surface area contributed by atoms with Crippen molar-refractivity contribution in [3.63, 3.8) is 0 Å². The van der Waals surface area contributed by atoms with Crippen molar-refractivity contribution in [3.05, 3.63) is 194 Å². The monoisotopic (exact) mass is 744 g/mol. The first-order chi connectivity index (χ1) is 28.7. The first kappa shape index (κ1) is 32.4. The summed E-state index contributed by atoms with van der Waals surface area (Å²) >= 11 is 0. The zero-order valence-electron chi connectivity index (χ0n) is 31.1. The van der Waals surface area contributed by atoms with E-state index in [4.69, 9.17) is 18.2 Å². The van der Waals surface area contributed by atoms with E-state index in [-0.39, 0.29) is 0 Å². The first-order valence-electron chi connectivity index (χ1n) is 19.4. The SMILES string of the molecule is c1ccc(-c2nc3cc(-c4ccc5oc6c(-c7ccc(N(c8ccccc8)c8ccc9c(c8)oc8ccccc89)cc7)cc7ccccc7c6c5c4)ccc3o2)cc1. The van der Waals surface area contributed by atoms with Crippen molar-refractivity contribution >= 4 is 82.8 Å². The molecule has 5 heteroatoms. The molecule has 0 aliphatic heterocycles. The Labute approximate surface area is 332 Å². The summed E-state index contributed by atoms with van der Waals surface area (Å²) in [5.41, 5.74) is 13.4. The molecule has 0 spiro atoms. The Bertz CT molecular complexity index is 3510. The van der Waals surface area contributed by atoms with Crippen LogP contribution in [0.25, 0.3) is 99.5 Å².